The van der Waals surface area contributed by atoms with Gasteiger partial charge < -0.3 is 13.8 Å². The van der Waals surface area contributed by atoms with Crippen LogP contribution in [0.1, 0.15) is 129 Å². The fourth-order valence-electron chi connectivity index (χ4n) is 13.7. The summed E-state index contributed by atoms with van der Waals surface area (Å²) in [7, 11) is 0. The zero-order valence-electron chi connectivity index (χ0n) is 43.1. The van der Waals surface area contributed by atoms with Gasteiger partial charge in [-0.25, -0.2) is 0 Å². The van der Waals surface area contributed by atoms with Gasteiger partial charge in [-0.05, 0) is 149 Å². The molecular weight excluding hydrogens is 848 g/mol. The van der Waals surface area contributed by atoms with Crippen LogP contribution in [0.3, 0.4) is 0 Å². The molecule has 0 amide bonds. The summed E-state index contributed by atoms with van der Waals surface area (Å²) in [4.78, 5) is 2.73. The second-order valence-electron chi connectivity index (χ2n) is 25.4. The van der Waals surface area contributed by atoms with Crippen molar-refractivity contribution in [3.63, 3.8) is 0 Å². The van der Waals surface area contributed by atoms with Crippen LogP contribution in [0.4, 0.5) is 11.4 Å². The van der Waals surface area contributed by atoms with E-state index < -0.39 is 0 Å². The molecule has 0 spiro atoms. The first-order valence-electron chi connectivity index (χ1n) is 25.6. The van der Waals surface area contributed by atoms with Gasteiger partial charge in [0.25, 0.3) is 0 Å². The Labute approximate surface area is 413 Å². The van der Waals surface area contributed by atoms with Crippen LogP contribution in [0.2, 0.25) is 0 Å². The van der Waals surface area contributed by atoms with Crippen molar-refractivity contribution < 1.29 is 4.42 Å². The average Bonchev–Trinajstić information content (AvgIpc) is 3.99. The summed E-state index contributed by atoms with van der Waals surface area (Å²) < 4.78 is 9.71. The molecule has 0 radical (unpaired) electrons. The summed E-state index contributed by atoms with van der Waals surface area (Å²) in [5, 5.41) is 5.03. The van der Waals surface area contributed by atoms with Gasteiger partial charge in [0.05, 0.1) is 11.0 Å². The van der Waals surface area contributed by atoms with Crippen LogP contribution >= 0.6 is 0 Å². The largest absolute Gasteiger partial charge is 0.456 e. The van der Waals surface area contributed by atoms with Crippen LogP contribution in [0, 0.1) is 0 Å². The number of fused-ring (bicyclic) bond motifs is 19. The highest BCUT2D eigenvalue weighted by Crippen LogP contribution is 2.60. The molecule has 344 valence electrons. The molecule has 0 N–H and O–H groups in total. The molecule has 10 aromatic rings. The second-order valence-corrected chi connectivity index (χ2v) is 25.4. The van der Waals surface area contributed by atoms with Crippen LogP contribution < -0.4 is 15.7 Å². The summed E-state index contributed by atoms with van der Waals surface area (Å²) in [6.07, 6.45) is 0. The lowest BCUT2D eigenvalue weighted by molar-refractivity contribution is 0.590. The third-order valence-corrected chi connectivity index (χ3v) is 17.4. The molecule has 0 fully saturated rings. The number of aromatic nitrogens is 1. The van der Waals surface area contributed by atoms with Crippen molar-refractivity contribution in [1.29, 1.82) is 0 Å². The minimum absolute atomic E-state index is 0.00983. The highest BCUT2D eigenvalue weighted by Gasteiger charge is 2.51. The Bertz CT molecular complexity index is 4000. The average molecular weight is 909 g/mol. The zero-order chi connectivity index (χ0) is 48.5. The number of hydrogen-bond donors (Lipinski definition) is 0. The molecule has 70 heavy (non-hydrogen) atoms. The lowest BCUT2D eigenvalue weighted by atomic mass is 9.43. The molecule has 3 nitrogen and oxygen atoms in total. The lowest BCUT2D eigenvalue weighted by Gasteiger charge is -2.44. The topological polar surface area (TPSA) is 21.3 Å². The molecule has 0 atom stereocenters. The monoisotopic (exact) mass is 908 g/mol. The van der Waals surface area contributed by atoms with Crippen LogP contribution in [0.25, 0.3) is 82.8 Å². The summed E-state index contributed by atoms with van der Waals surface area (Å²) in [5.74, 6) is 0. The molecule has 8 aromatic carbocycles. The number of anilines is 2. The van der Waals surface area contributed by atoms with Crippen molar-refractivity contribution in [1.82, 2.24) is 4.57 Å². The van der Waals surface area contributed by atoms with Crippen molar-refractivity contribution in [3.8, 4) is 39.1 Å². The van der Waals surface area contributed by atoms with Crippen LogP contribution in [0.15, 0.2) is 138 Å². The molecule has 4 heterocycles. The Morgan fingerprint density at radius 3 is 1.76 bits per heavy atom. The van der Waals surface area contributed by atoms with Gasteiger partial charge >= 0.3 is 6.85 Å². The molecule has 4 heteroatoms. The maximum absolute atomic E-state index is 7.01. The van der Waals surface area contributed by atoms with Gasteiger partial charge in [-0.15, -0.1) is 0 Å². The Hall–Kier alpha value is -6.78. The molecule has 4 aliphatic rings. The number of hydrogen-bond acceptors (Lipinski definition) is 2. The Balaban J connectivity index is 1.22. The van der Waals surface area contributed by atoms with Crippen molar-refractivity contribution in [2.24, 2.45) is 0 Å². The molecule has 0 saturated heterocycles. The maximum Gasteiger partial charge on any atom is 0.333 e. The first kappa shape index (κ1) is 42.1. The Kier molecular flexibility index (Phi) is 7.91. The molecule has 14 rings (SSSR count). The summed E-state index contributed by atoms with van der Waals surface area (Å²) >= 11 is 0. The van der Waals surface area contributed by atoms with E-state index in [1.165, 1.54) is 128 Å². The Morgan fingerprint density at radius 2 is 1.07 bits per heavy atom. The van der Waals surface area contributed by atoms with Gasteiger partial charge in [-0.1, -0.05) is 169 Å². The number of rotatable bonds is 1. The molecule has 0 unspecified atom stereocenters. The highest BCUT2D eigenvalue weighted by molar-refractivity contribution is 6.94. The van der Waals surface area contributed by atoms with E-state index in [-0.39, 0.29) is 33.9 Å². The minimum Gasteiger partial charge on any atom is -0.456 e. The van der Waals surface area contributed by atoms with E-state index in [1.807, 2.05) is 0 Å². The summed E-state index contributed by atoms with van der Waals surface area (Å²) in [5.41, 5.74) is 28.0. The molecule has 2 aromatic heterocycles. The van der Waals surface area contributed by atoms with Gasteiger partial charge in [-0.3, -0.25) is 0 Å². The van der Waals surface area contributed by atoms with Gasteiger partial charge in [0.2, 0.25) is 0 Å². The smallest absolute Gasteiger partial charge is 0.333 e. The third-order valence-electron chi connectivity index (χ3n) is 17.4. The predicted molar refractivity (Wildman–Crippen MR) is 298 cm³/mol. The number of nitrogens with zero attached hydrogens (tertiary/aromatic N) is 2. The van der Waals surface area contributed by atoms with Crippen LogP contribution in [-0.4, -0.2) is 11.4 Å². The minimum atomic E-state index is -0.300. The predicted octanol–water partition coefficient (Wildman–Crippen LogP) is 16.4. The van der Waals surface area contributed by atoms with E-state index in [0.29, 0.717) is 0 Å². The van der Waals surface area contributed by atoms with E-state index in [0.717, 1.165) is 16.6 Å². The standard InChI is InChI=1S/C66H61BN2O/c1-62(2,3)36-22-26-39(27-23-36)69-52-33-44-43-30-38(64(7,8)9)25-29-54(43)70-55(44)34-46(52)58-59-56(41-19-15-17-21-48(41)66(59,12)13)57-45-31-37(63(4,5)6)24-28-51(45)68-53-35-49-42(32-50(53)67(69)60(58)61(57)68)40-18-14-16-20-47(40)65(49,10)11/h14-35H,1-13H3. The molecule has 0 saturated carbocycles. The maximum atomic E-state index is 7.01. The Morgan fingerprint density at radius 1 is 0.471 bits per heavy atom. The third kappa shape index (κ3) is 5.27. The van der Waals surface area contributed by atoms with Crippen molar-refractivity contribution in [2.45, 2.75) is 117 Å². The molecule has 0 bridgehead atoms. The van der Waals surface area contributed by atoms with Gasteiger partial charge in [0.1, 0.15) is 11.2 Å². The zero-order valence-corrected chi connectivity index (χ0v) is 43.1. The van der Waals surface area contributed by atoms with Crippen molar-refractivity contribution in [3.05, 3.63) is 172 Å². The SMILES string of the molecule is CC(C)(C)c1ccc(N2B3c4cc5c(cc4-n4c6ccc(C(C)(C)C)cc6c6c7c(c(c3c64)-c3cc4oc6ccc(C(C)(C)C)cc6c4cc32)C(C)(C)c2ccccc2-7)C(C)(C)c2ccccc2-5)cc1. The highest BCUT2D eigenvalue weighted by atomic mass is 16.3. The normalized spacial score (nSPS) is 16.0. The van der Waals surface area contributed by atoms with Gasteiger partial charge in [0.15, 0.2) is 0 Å². The summed E-state index contributed by atoms with van der Waals surface area (Å²) in [6, 6.07) is 52.4. The number of benzene rings is 8. The number of furan rings is 1. The van der Waals surface area contributed by atoms with Gasteiger partial charge in [0, 0.05) is 55.0 Å². The van der Waals surface area contributed by atoms with Crippen molar-refractivity contribution in [2.75, 3.05) is 4.81 Å². The van der Waals surface area contributed by atoms with Crippen molar-refractivity contribution >= 4 is 72.9 Å². The van der Waals surface area contributed by atoms with E-state index >= 15 is 0 Å². The van der Waals surface area contributed by atoms with Crippen LogP contribution in [-0.2, 0) is 27.1 Å². The molecular formula is C66H61BN2O. The van der Waals surface area contributed by atoms with E-state index in [4.69, 9.17) is 4.42 Å². The van der Waals surface area contributed by atoms with E-state index in [9.17, 15) is 0 Å². The van der Waals surface area contributed by atoms with E-state index in [2.05, 4.69) is 233 Å². The first-order chi connectivity index (χ1) is 33.1. The fraction of sp³-hybridized carbons (Fsp3) is 0.273. The van der Waals surface area contributed by atoms with E-state index in [1.54, 1.807) is 0 Å². The fourth-order valence-corrected chi connectivity index (χ4v) is 13.7. The first-order valence-corrected chi connectivity index (χ1v) is 25.6. The molecule has 2 aliphatic heterocycles. The molecule has 2 aliphatic carbocycles. The second kappa shape index (κ2) is 13.1. The van der Waals surface area contributed by atoms with Gasteiger partial charge in [-0.2, -0.15) is 0 Å². The quantitative estimate of drug-likeness (QED) is 0.153. The van der Waals surface area contributed by atoms with Crippen LogP contribution in [0.5, 0.6) is 0 Å². The summed E-state index contributed by atoms with van der Waals surface area (Å²) in [6.45, 7) is 30.6. The lowest BCUT2D eigenvalue weighted by Crippen LogP contribution is -2.61.